The maximum absolute atomic E-state index is 12.0. The van der Waals surface area contributed by atoms with Crippen molar-refractivity contribution in [2.24, 2.45) is 17.6 Å². The fourth-order valence-electron chi connectivity index (χ4n) is 2.36. The van der Waals surface area contributed by atoms with Gasteiger partial charge in [0.1, 0.15) is 5.75 Å². The number of nitrogens with two attached hydrogens (primary N) is 1. The van der Waals surface area contributed by atoms with Crippen molar-refractivity contribution < 1.29 is 9.53 Å². The molecular formula is C18H28N2O2. The zero-order chi connectivity index (χ0) is 16.1. The number of ether oxygens (including phenoxy) is 1. The summed E-state index contributed by atoms with van der Waals surface area (Å²) in [6, 6.07) is 5.66. The number of hydrogen-bond acceptors (Lipinski definition) is 3. The normalized spacial score (nSPS) is 15.7. The maximum atomic E-state index is 12.0. The Labute approximate surface area is 133 Å². The second-order valence-corrected chi connectivity index (χ2v) is 6.82. The van der Waals surface area contributed by atoms with E-state index < -0.39 is 6.04 Å². The Morgan fingerprint density at radius 3 is 2.77 bits per heavy atom. The molecular weight excluding hydrogens is 276 g/mol. The molecule has 3 N–H and O–H groups in total. The van der Waals surface area contributed by atoms with E-state index in [1.165, 1.54) is 12.8 Å². The molecule has 0 spiro atoms. The number of benzene rings is 1. The molecule has 1 fully saturated rings. The average molecular weight is 304 g/mol. The first-order valence-corrected chi connectivity index (χ1v) is 8.21. The molecule has 0 bridgehead atoms. The van der Waals surface area contributed by atoms with Gasteiger partial charge < -0.3 is 15.8 Å². The summed E-state index contributed by atoms with van der Waals surface area (Å²) in [4.78, 5) is 12.0. The topological polar surface area (TPSA) is 64.4 Å². The largest absolute Gasteiger partial charge is 0.493 e. The van der Waals surface area contributed by atoms with E-state index in [-0.39, 0.29) is 5.91 Å². The first-order chi connectivity index (χ1) is 10.5. The van der Waals surface area contributed by atoms with Crippen LogP contribution < -0.4 is 15.8 Å². The van der Waals surface area contributed by atoms with Gasteiger partial charge in [-0.15, -0.1) is 0 Å². The van der Waals surface area contributed by atoms with Crippen LogP contribution in [0.3, 0.4) is 0 Å². The molecule has 22 heavy (non-hydrogen) atoms. The maximum Gasteiger partial charge on any atom is 0.237 e. The number of carbonyl (C=O) groups is 1. The Kier molecular flexibility index (Phi) is 5.83. The summed E-state index contributed by atoms with van der Waals surface area (Å²) >= 11 is 0. The van der Waals surface area contributed by atoms with Gasteiger partial charge >= 0.3 is 0 Å². The zero-order valence-corrected chi connectivity index (χ0v) is 13.9. The van der Waals surface area contributed by atoms with E-state index in [2.05, 4.69) is 19.2 Å². The molecule has 0 aromatic heterocycles. The van der Waals surface area contributed by atoms with Gasteiger partial charge in [-0.2, -0.15) is 0 Å². The van der Waals surface area contributed by atoms with Crippen molar-refractivity contribution in [2.45, 2.75) is 52.6 Å². The lowest BCUT2D eigenvalue weighted by atomic mass is 10.0. The molecule has 1 aliphatic carbocycles. The lowest BCUT2D eigenvalue weighted by molar-refractivity contribution is -0.122. The van der Waals surface area contributed by atoms with Gasteiger partial charge in [0, 0.05) is 12.1 Å². The quantitative estimate of drug-likeness (QED) is 0.776. The fraction of sp³-hybridized carbons (Fsp3) is 0.611. The van der Waals surface area contributed by atoms with Gasteiger partial charge in [-0.25, -0.2) is 0 Å². The van der Waals surface area contributed by atoms with Crippen molar-refractivity contribution in [3.05, 3.63) is 29.3 Å². The predicted octanol–water partition coefficient (Wildman–Crippen LogP) is 2.77. The molecule has 0 aliphatic heterocycles. The van der Waals surface area contributed by atoms with Gasteiger partial charge in [0.15, 0.2) is 0 Å². The van der Waals surface area contributed by atoms with Gasteiger partial charge in [0.25, 0.3) is 0 Å². The third-order valence-electron chi connectivity index (χ3n) is 3.91. The summed E-state index contributed by atoms with van der Waals surface area (Å²) < 4.78 is 5.92. The van der Waals surface area contributed by atoms with Crippen LogP contribution in [0.4, 0.5) is 0 Å². The summed E-state index contributed by atoms with van der Waals surface area (Å²) in [7, 11) is 0. The lowest BCUT2D eigenvalue weighted by Crippen LogP contribution is -2.41. The Balaban J connectivity index is 1.91. The molecule has 1 saturated carbocycles. The van der Waals surface area contributed by atoms with E-state index >= 15 is 0 Å². The Morgan fingerprint density at radius 2 is 2.14 bits per heavy atom. The van der Waals surface area contributed by atoms with Crippen LogP contribution >= 0.6 is 0 Å². The third-order valence-corrected chi connectivity index (χ3v) is 3.91. The summed E-state index contributed by atoms with van der Waals surface area (Å²) in [6.07, 6.45) is 3.23. The molecule has 1 aromatic carbocycles. The number of amides is 1. The molecule has 0 radical (unpaired) electrons. The second-order valence-electron chi connectivity index (χ2n) is 6.82. The van der Waals surface area contributed by atoms with Crippen LogP contribution in [-0.4, -0.2) is 18.6 Å². The molecule has 2 rings (SSSR count). The SMILES string of the molecule is Cc1ccc(CNC(=O)[C@@H](N)CC(C)C)c(OCC2CC2)c1. The summed E-state index contributed by atoms with van der Waals surface area (Å²) in [5, 5.41) is 2.92. The minimum absolute atomic E-state index is 0.0950. The summed E-state index contributed by atoms with van der Waals surface area (Å²) in [5.41, 5.74) is 8.08. The van der Waals surface area contributed by atoms with Gasteiger partial charge in [0.05, 0.1) is 12.6 Å². The molecule has 4 heteroatoms. The number of nitrogens with one attached hydrogen (secondary N) is 1. The van der Waals surface area contributed by atoms with E-state index in [1.807, 2.05) is 25.1 Å². The molecule has 0 saturated heterocycles. The van der Waals surface area contributed by atoms with Crippen LogP contribution in [0.2, 0.25) is 0 Å². The second kappa shape index (κ2) is 7.63. The monoisotopic (exact) mass is 304 g/mol. The van der Waals surface area contributed by atoms with Crippen molar-refractivity contribution in [3.8, 4) is 5.75 Å². The molecule has 1 aliphatic rings. The first-order valence-electron chi connectivity index (χ1n) is 8.21. The number of carbonyl (C=O) groups excluding carboxylic acids is 1. The highest BCUT2D eigenvalue weighted by Gasteiger charge is 2.22. The summed E-state index contributed by atoms with van der Waals surface area (Å²) in [5.74, 6) is 1.91. The highest BCUT2D eigenvalue weighted by atomic mass is 16.5. The Morgan fingerprint density at radius 1 is 1.41 bits per heavy atom. The smallest absolute Gasteiger partial charge is 0.237 e. The van der Waals surface area contributed by atoms with Gasteiger partial charge in [0.2, 0.25) is 5.91 Å². The van der Waals surface area contributed by atoms with Crippen molar-refractivity contribution in [2.75, 3.05) is 6.61 Å². The summed E-state index contributed by atoms with van der Waals surface area (Å²) in [6.45, 7) is 7.42. The first kappa shape index (κ1) is 16.8. The van der Waals surface area contributed by atoms with E-state index in [9.17, 15) is 4.79 Å². The van der Waals surface area contributed by atoms with Gasteiger partial charge in [-0.3, -0.25) is 4.79 Å². The Hall–Kier alpha value is -1.55. The average Bonchev–Trinajstić information content (AvgIpc) is 3.27. The van der Waals surface area contributed by atoms with Crippen LogP contribution in [0.5, 0.6) is 5.75 Å². The highest BCUT2D eigenvalue weighted by Crippen LogP contribution is 2.30. The highest BCUT2D eigenvalue weighted by molar-refractivity contribution is 5.81. The van der Waals surface area contributed by atoms with Crippen molar-refractivity contribution in [1.82, 2.24) is 5.32 Å². The van der Waals surface area contributed by atoms with Crippen molar-refractivity contribution in [1.29, 1.82) is 0 Å². The third kappa shape index (κ3) is 5.34. The van der Waals surface area contributed by atoms with Crippen LogP contribution in [0.1, 0.15) is 44.2 Å². The van der Waals surface area contributed by atoms with Crippen LogP contribution in [0.25, 0.3) is 0 Å². The van der Waals surface area contributed by atoms with Crippen LogP contribution in [-0.2, 0) is 11.3 Å². The van der Waals surface area contributed by atoms with E-state index in [1.54, 1.807) is 0 Å². The Bertz CT molecular complexity index is 510. The standard InChI is InChI=1S/C18H28N2O2/c1-12(2)8-16(19)18(21)20-10-15-7-4-13(3)9-17(15)22-11-14-5-6-14/h4,7,9,12,14,16H,5-6,8,10-11,19H2,1-3H3,(H,20,21)/t16-/m0/s1. The van der Waals surface area contributed by atoms with Crippen molar-refractivity contribution >= 4 is 5.91 Å². The van der Waals surface area contributed by atoms with E-state index in [4.69, 9.17) is 10.5 Å². The van der Waals surface area contributed by atoms with Crippen LogP contribution in [0.15, 0.2) is 18.2 Å². The van der Waals surface area contributed by atoms with Crippen molar-refractivity contribution in [3.63, 3.8) is 0 Å². The fourth-order valence-corrected chi connectivity index (χ4v) is 2.36. The van der Waals surface area contributed by atoms with Gasteiger partial charge in [-0.1, -0.05) is 26.0 Å². The number of hydrogen-bond donors (Lipinski definition) is 2. The predicted molar refractivity (Wildman–Crippen MR) is 88.7 cm³/mol. The molecule has 0 heterocycles. The number of aryl methyl sites for hydroxylation is 1. The van der Waals surface area contributed by atoms with E-state index in [0.717, 1.165) is 23.5 Å². The zero-order valence-electron chi connectivity index (χ0n) is 13.9. The molecule has 1 amide bonds. The minimum atomic E-state index is -0.443. The lowest BCUT2D eigenvalue weighted by Gasteiger charge is -2.16. The molecule has 122 valence electrons. The molecule has 4 nitrogen and oxygen atoms in total. The molecule has 0 unspecified atom stereocenters. The number of rotatable bonds is 8. The molecule has 1 atom stereocenters. The molecule has 1 aromatic rings. The van der Waals surface area contributed by atoms with Gasteiger partial charge in [-0.05, 0) is 49.7 Å². The minimum Gasteiger partial charge on any atom is -0.493 e. The van der Waals surface area contributed by atoms with E-state index in [0.29, 0.717) is 24.8 Å². The van der Waals surface area contributed by atoms with Crippen LogP contribution in [0, 0.1) is 18.8 Å².